The Hall–Kier alpha value is -2.54. The van der Waals surface area contributed by atoms with Gasteiger partial charge in [0, 0.05) is 21.5 Å². The van der Waals surface area contributed by atoms with E-state index in [1.165, 1.54) is 105 Å². The Kier molecular flexibility index (Phi) is 4.45. The first kappa shape index (κ1) is 19.0. The molecule has 2 aromatic heterocycles. The molecule has 1 nitrogen and oxygen atoms in total. The minimum Gasteiger partial charge on any atom is -0.308 e. The van der Waals surface area contributed by atoms with Crippen LogP contribution in [0.1, 0.15) is 80.0 Å². The average Bonchev–Trinajstić information content (AvgIpc) is 3.33. The topological polar surface area (TPSA) is 4.41 Å². The zero-order chi connectivity index (χ0) is 21.1. The molecule has 1 heteroatoms. The molecule has 0 spiro atoms. The number of para-hydroxylation sites is 1. The highest BCUT2D eigenvalue weighted by Crippen LogP contribution is 2.45. The number of nitrogens with zero attached hydrogens (tertiary/aromatic N) is 1. The van der Waals surface area contributed by atoms with Crippen LogP contribution in [0.2, 0.25) is 0 Å². The zero-order valence-electron chi connectivity index (χ0n) is 19.2. The molecule has 0 atom stereocenters. The summed E-state index contributed by atoms with van der Waals surface area (Å²) in [4.78, 5) is 0. The Morgan fingerprint density at radius 1 is 0.500 bits per heavy atom. The van der Waals surface area contributed by atoms with Gasteiger partial charge in [0.1, 0.15) is 0 Å². The second-order valence-corrected chi connectivity index (χ2v) is 10.4. The van der Waals surface area contributed by atoms with Crippen LogP contribution < -0.4 is 0 Å². The normalized spacial score (nSPS) is 18.2. The van der Waals surface area contributed by atoms with Gasteiger partial charge in [0.15, 0.2) is 0 Å². The monoisotopic (exact) mass is 419 g/mol. The van der Waals surface area contributed by atoms with Crippen molar-refractivity contribution in [3.63, 3.8) is 0 Å². The van der Waals surface area contributed by atoms with Crippen molar-refractivity contribution in [3.05, 3.63) is 64.7 Å². The standard InChI is InChI=1S/C31H33N/c1-2-7-13-22-20-26-29-23-14-9-5-4-6-12-21(23)18-19-28(29)32-27-17-11-10-16-25(27)30(31(26)32)24(22)15-8-3-1/h10-11,16-20H,1-9,12-15H2. The van der Waals surface area contributed by atoms with Crippen molar-refractivity contribution in [2.24, 2.45) is 0 Å². The highest BCUT2D eigenvalue weighted by atomic mass is 14.9. The third-order valence-electron chi connectivity index (χ3n) is 8.53. The number of aryl methyl sites for hydroxylation is 4. The largest absolute Gasteiger partial charge is 0.308 e. The van der Waals surface area contributed by atoms with Crippen molar-refractivity contribution >= 4 is 38.1 Å². The summed E-state index contributed by atoms with van der Waals surface area (Å²) in [6.07, 6.45) is 17.3. The minimum absolute atomic E-state index is 1.24. The van der Waals surface area contributed by atoms with Gasteiger partial charge in [-0.25, -0.2) is 0 Å². The first-order valence-electron chi connectivity index (χ1n) is 13.2. The van der Waals surface area contributed by atoms with Gasteiger partial charge in [0.2, 0.25) is 0 Å². The van der Waals surface area contributed by atoms with E-state index in [4.69, 9.17) is 0 Å². The fourth-order valence-corrected chi connectivity index (χ4v) is 7.04. The van der Waals surface area contributed by atoms with Crippen LogP contribution in [0.25, 0.3) is 38.1 Å². The molecule has 3 aromatic carbocycles. The lowest BCUT2D eigenvalue weighted by molar-refractivity contribution is 0.619. The van der Waals surface area contributed by atoms with Crippen LogP contribution in [0.4, 0.5) is 0 Å². The first-order chi connectivity index (χ1) is 15.9. The maximum Gasteiger partial charge on any atom is 0.0623 e. The van der Waals surface area contributed by atoms with Crippen LogP contribution in [-0.4, -0.2) is 4.40 Å². The molecule has 0 unspecified atom stereocenters. The van der Waals surface area contributed by atoms with Gasteiger partial charge in [0.25, 0.3) is 0 Å². The quantitative estimate of drug-likeness (QED) is 0.237. The Morgan fingerprint density at radius 3 is 1.97 bits per heavy atom. The molecule has 32 heavy (non-hydrogen) atoms. The van der Waals surface area contributed by atoms with Crippen LogP contribution in [0, 0.1) is 0 Å². The molecule has 0 aliphatic heterocycles. The molecular formula is C31H33N. The fourth-order valence-electron chi connectivity index (χ4n) is 7.04. The van der Waals surface area contributed by atoms with Crippen molar-refractivity contribution in [1.82, 2.24) is 4.40 Å². The summed E-state index contributed by atoms with van der Waals surface area (Å²) in [6, 6.07) is 16.8. The van der Waals surface area contributed by atoms with Crippen LogP contribution in [0.15, 0.2) is 42.5 Å². The van der Waals surface area contributed by atoms with E-state index < -0.39 is 0 Å². The van der Waals surface area contributed by atoms with Crippen LogP contribution in [0.5, 0.6) is 0 Å². The predicted molar refractivity (Wildman–Crippen MR) is 137 cm³/mol. The molecule has 5 aromatic rings. The van der Waals surface area contributed by atoms with Crippen LogP contribution >= 0.6 is 0 Å². The van der Waals surface area contributed by atoms with E-state index in [0.29, 0.717) is 0 Å². The highest BCUT2D eigenvalue weighted by Gasteiger charge is 2.24. The lowest BCUT2D eigenvalue weighted by atomic mass is 9.88. The van der Waals surface area contributed by atoms with Crippen molar-refractivity contribution in [3.8, 4) is 0 Å². The van der Waals surface area contributed by atoms with Gasteiger partial charge in [0.05, 0.1) is 16.6 Å². The number of rotatable bonds is 0. The molecule has 0 bridgehead atoms. The van der Waals surface area contributed by atoms with Gasteiger partial charge in [-0.05, 0) is 91.8 Å². The van der Waals surface area contributed by atoms with E-state index in [9.17, 15) is 0 Å². The second kappa shape index (κ2) is 7.51. The number of benzene rings is 3. The molecule has 162 valence electrons. The molecule has 0 radical (unpaired) electrons. The summed E-state index contributed by atoms with van der Waals surface area (Å²) in [5.74, 6) is 0. The van der Waals surface area contributed by atoms with Crippen LogP contribution in [0.3, 0.4) is 0 Å². The summed E-state index contributed by atoms with van der Waals surface area (Å²) < 4.78 is 2.63. The molecule has 7 rings (SSSR count). The molecule has 0 saturated carbocycles. The maximum absolute atomic E-state index is 2.64. The van der Waals surface area contributed by atoms with E-state index in [2.05, 4.69) is 46.9 Å². The Morgan fingerprint density at radius 2 is 1.16 bits per heavy atom. The Bertz CT molecular complexity index is 1450. The Balaban J connectivity index is 1.66. The van der Waals surface area contributed by atoms with Crippen molar-refractivity contribution in [2.75, 3.05) is 0 Å². The van der Waals surface area contributed by atoms with Gasteiger partial charge in [-0.1, -0.05) is 56.4 Å². The lowest BCUT2D eigenvalue weighted by Gasteiger charge is -2.16. The van der Waals surface area contributed by atoms with Crippen molar-refractivity contribution < 1.29 is 0 Å². The summed E-state index contributed by atoms with van der Waals surface area (Å²) in [6.45, 7) is 0. The van der Waals surface area contributed by atoms with E-state index in [1.54, 1.807) is 38.4 Å². The van der Waals surface area contributed by atoms with E-state index >= 15 is 0 Å². The SMILES string of the molecule is c1ccc2c(c1)c1c3c(cc4c5c6c(ccc5n2c41)CCCCCC6)CCCCCCC3. The van der Waals surface area contributed by atoms with Gasteiger partial charge >= 0.3 is 0 Å². The summed E-state index contributed by atoms with van der Waals surface area (Å²) in [5, 5.41) is 6.17. The highest BCUT2D eigenvalue weighted by molar-refractivity contribution is 6.25. The molecule has 0 amide bonds. The predicted octanol–water partition coefficient (Wildman–Crippen LogP) is 8.54. The second-order valence-electron chi connectivity index (χ2n) is 10.4. The first-order valence-corrected chi connectivity index (χ1v) is 13.2. The average molecular weight is 420 g/mol. The van der Waals surface area contributed by atoms with Gasteiger partial charge in [-0.15, -0.1) is 0 Å². The number of fused-ring (bicyclic) bond motifs is 10. The number of hydrogen-bond donors (Lipinski definition) is 0. The third kappa shape index (κ3) is 2.70. The van der Waals surface area contributed by atoms with Gasteiger partial charge < -0.3 is 4.40 Å². The molecule has 0 N–H and O–H groups in total. The molecule has 2 aliphatic carbocycles. The van der Waals surface area contributed by atoms with Crippen LogP contribution in [-0.2, 0) is 25.7 Å². The van der Waals surface area contributed by atoms with Crippen molar-refractivity contribution in [1.29, 1.82) is 0 Å². The molecular weight excluding hydrogens is 386 g/mol. The van der Waals surface area contributed by atoms with Gasteiger partial charge in [-0.3, -0.25) is 0 Å². The third-order valence-corrected chi connectivity index (χ3v) is 8.53. The summed E-state index contributed by atoms with van der Waals surface area (Å²) in [5.41, 5.74) is 11.0. The Labute approximate surface area is 190 Å². The molecule has 0 fully saturated rings. The fraction of sp³-hybridized carbons (Fsp3) is 0.419. The summed E-state index contributed by atoms with van der Waals surface area (Å²) in [7, 11) is 0. The minimum atomic E-state index is 1.24. The smallest absolute Gasteiger partial charge is 0.0623 e. The van der Waals surface area contributed by atoms with Gasteiger partial charge in [-0.2, -0.15) is 0 Å². The maximum atomic E-state index is 2.64. The van der Waals surface area contributed by atoms with E-state index in [-0.39, 0.29) is 0 Å². The number of aromatic nitrogens is 1. The lowest BCUT2D eigenvalue weighted by Crippen LogP contribution is -2.00. The molecule has 0 saturated heterocycles. The summed E-state index contributed by atoms with van der Waals surface area (Å²) >= 11 is 0. The number of hydrogen-bond acceptors (Lipinski definition) is 0. The molecule has 2 aliphatic rings. The van der Waals surface area contributed by atoms with E-state index in [0.717, 1.165) is 0 Å². The van der Waals surface area contributed by atoms with E-state index in [1.807, 2.05) is 0 Å². The van der Waals surface area contributed by atoms with Crippen molar-refractivity contribution in [2.45, 2.75) is 83.5 Å². The zero-order valence-corrected chi connectivity index (χ0v) is 19.2. The molecule has 2 heterocycles.